The van der Waals surface area contributed by atoms with Gasteiger partial charge in [-0.25, -0.2) is 4.98 Å². The van der Waals surface area contributed by atoms with Gasteiger partial charge in [0, 0.05) is 17.3 Å². The fraction of sp³-hybridized carbons (Fsp3) is 0.824. The summed E-state index contributed by atoms with van der Waals surface area (Å²) in [5.41, 5.74) is 4.29. The smallest absolute Gasteiger partial charge is 0.0947 e. The quantitative estimate of drug-likeness (QED) is 0.658. The number of rotatable bonds is 4. The van der Waals surface area contributed by atoms with E-state index in [1.807, 2.05) is 11.3 Å². The molecule has 118 valence electrons. The zero-order valence-corrected chi connectivity index (χ0v) is 14.2. The summed E-state index contributed by atoms with van der Waals surface area (Å²) in [6, 6.07) is 0.401. The highest BCUT2D eigenvalue weighted by Gasteiger charge is 2.35. The van der Waals surface area contributed by atoms with Gasteiger partial charge in [-0.15, -0.1) is 11.3 Å². The summed E-state index contributed by atoms with van der Waals surface area (Å²) in [5, 5.41) is 1.25. The lowest BCUT2D eigenvalue weighted by Crippen LogP contribution is -2.45. The maximum absolute atomic E-state index is 5.89. The van der Waals surface area contributed by atoms with Gasteiger partial charge in [0.05, 0.1) is 10.7 Å². The minimum absolute atomic E-state index is 0.401. The third-order valence-corrected chi connectivity index (χ3v) is 6.93. The first kappa shape index (κ1) is 15.4. The Morgan fingerprint density at radius 3 is 2.62 bits per heavy atom. The van der Waals surface area contributed by atoms with E-state index in [-0.39, 0.29) is 0 Å². The summed E-state index contributed by atoms with van der Waals surface area (Å²) in [5.74, 6) is 8.60. The van der Waals surface area contributed by atoms with Crippen LogP contribution in [0.25, 0.3) is 0 Å². The van der Waals surface area contributed by atoms with Crippen molar-refractivity contribution in [3.05, 3.63) is 15.6 Å². The molecule has 2 fully saturated rings. The van der Waals surface area contributed by atoms with Gasteiger partial charge in [-0.2, -0.15) is 0 Å². The number of nitrogens with one attached hydrogen (secondary N) is 1. The van der Waals surface area contributed by atoms with Gasteiger partial charge in [0.2, 0.25) is 0 Å². The van der Waals surface area contributed by atoms with Gasteiger partial charge in [-0.3, -0.25) is 11.3 Å². The van der Waals surface area contributed by atoms with Gasteiger partial charge >= 0.3 is 0 Å². The second kappa shape index (κ2) is 6.76. The molecular formula is C17H29N3S. The average molecular weight is 308 g/mol. The number of thiazole rings is 1. The molecular weight excluding hydrogens is 278 g/mol. The first-order chi connectivity index (χ1) is 10.2. The maximum Gasteiger partial charge on any atom is 0.0947 e. The third-order valence-electron chi connectivity index (χ3n) is 5.83. The Labute approximate surface area is 132 Å². The largest absolute Gasteiger partial charge is 0.271 e. The first-order valence-corrected chi connectivity index (χ1v) is 9.38. The molecule has 2 aliphatic carbocycles. The molecule has 4 atom stereocenters. The molecule has 1 aromatic rings. The monoisotopic (exact) mass is 307 g/mol. The fourth-order valence-corrected chi connectivity index (χ4v) is 5.44. The summed E-state index contributed by atoms with van der Waals surface area (Å²) in [4.78, 5) is 6.04. The van der Waals surface area contributed by atoms with Gasteiger partial charge in [0.15, 0.2) is 0 Å². The average Bonchev–Trinajstić information content (AvgIpc) is 2.82. The Hall–Kier alpha value is -0.450. The molecule has 0 radical (unpaired) electrons. The molecule has 3 nitrogen and oxygen atoms in total. The molecule has 3 N–H and O–H groups in total. The lowest BCUT2D eigenvalue weighted by molar-refractivity contribution is 0.109. The van der Waals surface area contributed by atoms with Crippen molar-refractivity contribution in [2.75, 3.05) is 0 Å². The Bertz CT molecular complexity index is 451. The number of nitrogens with zero attached hydrogens (tertiary/aromatic N) is 1. The molecule has 4 unspecified atom stereocenters. The highest BCUT2D eigenvalue weighted by molar-refractivity contribution is 7.11. The van der Waals surface area contributed by atoms with Crippen LogP contribution in [0.2, 0.25) is 0 Å². The Kier molecular flexibility index (Phi) is 4.97. The zero-order valence-electron chi connectivity index (χ0n) is 13.4. The Balaban J connectivity index is 1.63. The van der Waals surface area contributed by atoms with Crippen molar-refractivity contribution in [1.29, 1.82) is 0 Å². The molecule has 0 spiro atoms. The van der Waals surface area contributed by atoms with E-state index in [0.717, 1.165) is 24.2 Å². The normalized spacial score (nSPS) is 30.9. The van der Waals surface area contributed by atoms with Crippen LogP contribution >= 0.6 is 11.3 Å². The predicted molar refractivity (Wildman–Crippen MR) is 89.2 cm³/mol. The molecule has 2 aliphatic rings. The molecule has 4 heteroatoms. The number of hydrogen-bond acceptors (Lipinski definition) is 4. The number of fused-ring (bicyclic) bond motifs is 1. The van der Waals surface area contributed by atoms with E-state index in [2.05, 4.69) is 19.3 Å². The Morgan fingerprint density at radius 1 is 1.19 bits per heavy atom. The first-order valence-electron chi connectivity index (χ1n) is 8.56. The summed E-state index contributed by atoms with van der Waals surface area (Å²) in [6.07, 6.45) is 11.0. The van der Waals surface area contributed by atoms with Gasteiger partial charge in [0.25, 0.3) is 0 Å². The Morgan fingerprint density at radius 2 is 1.95 bits per heavy atom. The molecule has 1 heterocycles. The number of nitrogens with two attached hydrogens (primary N) is 1. The molecule has 2 saturated carbocycles. The van der Waals surface area contributed by atoms with Crippen molar-refractivity contribution in [3.63, 3.8) is 0 Å². The van der Waals surface area contributed by atoms with Gasteiger partial charge in [0.1, 0.15) is 0 Å². The highest BCUT2D eigenvalue weighted by atomic mass is 32.1. The van der Waals surface area contributed by atoms with Crippen molar-refractivity contribution in [2.45, 2.75) is 71.3 Å². The molecule has 21 heavy (non-hydrogen) atoms. The van der Waals surface area contributed by atoms with E-state index in [9.17, 15) is 0 Å². The van der Waals surface area contributed by atoms with Crippen LogP contribution in [0.15, 0.2) is 0 Å². The molecule has 0 saturated heterocycles. The van der Waals surface area contributed by atoms with Crippen LogP contribution in [0.1, 0.15) is 60.5 Å². The maximum atomic E-state index is 5.89. The van der Waals surface area contributed by atoms with Crippen molar-refractivity contribution >= 4 is 11.3 Å². The lowest BCUT2D eigenvalue weighted by Gasteiger charge is -2.41. The fourth-order valence-electron chi connectivity index (χ4n) is 4.45. The number of hydrogen-bond donors (Lipinski definition) is 2. The molecule has 0 aromatic carbocycles. The van der Waals surface area contributed by atoms with E-state index < -0.39 is 0 Å². The van der Waals surface area contributed by atoms with Gasteiger partial charge in [-0.05, 0) is 50.9 Å². The summed E-state index contributed by atoms with van der Waals surface area (Å²) < 4.78 is 0. The van der Waals surface area contributed by atoms with Crippen LogP contribution in [-0.2, 0) is 6.42 Å². The SMILES string of the molecule is Cc1nc(CC(NN)C2CCC3CCCCC3C2)sc1C. The van der Waals surface area contributed by atoms with Gasteiger partial charge < -0.3 is 0 Å². The minimum atomic E-state index is 0.401. The van der Waals surface area contributed by atoms with Crippen LogP contribution in [0.4, 0.5) is 0 Å². The number of aryl methyl sites for hydroxylation is 2. The second-order valence-electron chi connectivity index (χ2n) is 7.10. The van der Waals surface area contributed by atoms with E-state index in [0.29, 0.717) is 6.04 Å². The van der Waals surface area contributed by atoms with Crippen molar-refractivity contribution in [2.24, 2.45) is 23.6 Å². The van der Waals surface area contributed by atoms with E-state index in [1.54, 1.807) is 0 Å². The molecule has 3 rings (SSSR count). The van der Waals surface area contributed by atoms with Crippen molar-refractivity contribution < 1.29 is 0 Å². The number of aromatic nitrogens is 1. The third kappa shape index (κ3) is 3.49. The summed E-state index contributed by atoms with van der Waals surface area (Å²) >= 11 is 1.84. The molecule has 0 bridgehead atoms. The van der Waals surface area contributed by atoms with Crippen LogP contribution in [0, 0.1) is 31.6 Å². The minimum Gasteiger partial charge on any atom is -0.271 e. The van der Waals surface area contributed by atoms with Gasteiger partial charge in [-0.1, -0.05) is 25.7 Å². The van der Waals surface area contributed by atoms with Crippen LogP contribution < -0.4 is 11.3 Å². The molecule has 1 aromatic heterocycles. The van der Waals surface area contributed by atoms with E-state index in [4.69, 9.17) is 10.8 Å². The second-order valence-corrected chi connectivity index (χ2v) is 8.39. The van der Waals surface area contributed by atoms with Crippen molar-refractivity contribution in [3.8, 4) is 0 Å². The highest BCUT2D eigenvalue weighted by Crippen LogP contribution is 2.43. The van der Waals surface area contributed by atoms with E-state index in [1.165, 1.54) is 60.5 Å². The van der Waals surface area contributed by atoms with E-state index >= 15 is 0 Å². The van der Waals surface area contributed by atoms with Crippen molar-refractivity contribution in [1.82, 2.24) is 10.4 Å². The lowest BCUT2D eigenvalue weighted by atomic mass is 9.66. The standard InChI is InChI=1S/C17H29N3S/c1-11-12(2)21-17(19-11)10-16(20-18)15-8-7-13-5-3-4-6-14(13)9-15/h13-16,20H,3-10,18H2,1-2H3. The summed E-state index contributed by atoms with van der Waals surface area (Å²) in [6.45, 7) is 4.27. The van der Waals surface area contributed by atoms with Crippen LogP contribution in [0.5, 0.6) is 0 Å². The molecule has 0 aliphatic heterocycles. The van der Waals surface area contributed by atoms with Crippen LogP contribution in [0.3, 0.4) is 0 Å². The molecule has 0 amide bonds. The van der Waals surface area contributed by atoms with Crippen LogP contribution in [-0.4, -0.2) is 11.0 Å². The summed E-state index contributed by atoms with van der Waals surface area (Å²) in [7, 11) is 0. The topological polar surface area (TPSA) is 50.9 Å². The number of hydrazine groups is 1. The predicted octanol–water partition coefficient (Wildman–Crippen LogP) is 3.74. The zero-order chi connectivity index (χ0) is 14.8.